The van der Waals surface area contributed by atoms with Gasteiger partial charge in [0.2, 0.25) is 5.91 Å². The van der Waals surface area contributed by atoms with Crippen molar-refractivity contribution in [2.45, 2.75) is 34.1 Å². The van der Waals surface area contributed by atoms with Crippen molar-refractivity contribution in [3.05, 3.63) is 22.7 Å². The highest BCUT2D eigenvalue weighted by molar-refractivity contribution is 6.05. The fourth-order valence-electron chi connectivity index (χ4n) is 2.98. The number of imide groups is 1. The summed E-state index contributed by atoms with van der Waals surface area (Å²) in [5.74, 6) is 0.352. The lowest BCUT2D eigenvalue weighted by atomic mass is 9.68. The first-order valence-corrected chi connectivity index (χ1v) is 8.19. The summed E-state index contributed by atoms with van der Waals surface area (Å²) < 4.78 is 1.81. The smallest absolute Gasteiger partial charge is 0.278 e. The molecular formula is C18H24N4O2. The van der Waals surface area contributed by atoms with Crippen LogP contribution in [0.15, 0.2) is 12.2 Å². The number of rotatable bonds is 1. The Labute approximate surface area is 141 Å². The van der Waals surface area contributed by atoms with Crippen molar-refractivity contribution < 1.29 is 9.59 Å². The van der Waals surface area contributed by atoms with E-state index >= 15 is 0 Å². The molecule has 3 amide bonds. The third kappa shape index (κ3) is 2.56. The fraction of sp³-hybridized carbons (Fsp3) is 0.500. The van der Waals surface area contributed by atoms with Gasteiger partial charge in [0.05, 0.1) is 5.35 Å². The molecule has 1 aliphatic carbocycles. The van der Waals surface area contributed by atoms with Crippen LogP contribution in [0.3, 0.4) is 0 Å². The number of aromatic nitrogens is 2. The molecule has 1 unspecified atom stereocenters. The van der Waals surface area contributed by atoms with E-state index in [1.807, 2.05) is 23.9 Å². The van der Waals surface area contributed by atoms with Crippen LogP contribution in [0.5, 0.6) is 0 Å². The largest absolute Gasteiger partial charge is 0.329 e. The number of carbonyl (C=O) groups excluding carboxylic acids is 2. The van der Waals surface area contributed by atoms with Gasteiger partial charge < -0.3 is 0 Å². The topological polar surface area (TPSA) is 67.2 Å². The van der Waals surface area contributed by atoms with E-state index in [1.54, 1.807) is 0 Å². The minimum absolute atomic E-state index is 0.0400. The third-order valence-corrected chi connectivity index (χ3v) is 5.18. The second kappa shape index (κ2) is 5.33. The average molecular weight is 328 g/mol. The molecule has 0 spiro atoms. The van der Waals surface area contributed by atoms with Gasteiger partial charge in [-0.3, -0.25) is 19.7 Å². The third-order valence-electron chi connectivity index (χ3n) is 5.18. The van der Waals surface area contributed by atoms with Crippen LogP contribution in [0.2, 0.25) is 0 Å². The molecular weight excluding hydrogens is 304 g/mol. The number of amides is 3. The molecule has 0 saturated carbocycles. The van der Waals surface area contributed by atoms with Crippen molar-refractivity contribution in [2.24, 2.45) is 17.9 Å². The summed E-state index contributed by atoms with van der Waals surface area (Å²) >= 11 is 0. The molecule has 1 N–H and O–H groups in total. The summed E-state index contributed by atoms with van der Waals surface area (Å²) in [7, 11) is 1.88. The van der Waals surface area contributed by atoms with Crippen molar-refractivity contribution in [2.75, 3.05) is 11.4 Å². The Morgan fingerprint density at radius 1 is 1.29 bits per heavy atom. The zero-order chi connectivity index (χ0) is 17.7. The number of nitrogens with one attached hydrogen (secondary N) is 1. The monoisotopic (exact) mass is 328 g/mol. The van der Waals surface area contributed by atoms with Gasteiger partial charge in [-0.2, -0.15) is 5.10 Å². The maximum absolute atomic E-state index is 12.2. The van der Waals surface area contributed by atoms with E-state index in [0.717, 1.165) is 10.6 Å². The van der Waals surface area contributed by atoms with Gasteiger partial charge in [0.25, 0.3) is 0 Å². The Kier molecular flexibility index (Phi) is 3.66. The molecule has 6 heteroatoms. The highest BCUT2D eigenvalue weighted by Gasteiger charge is 2.34. The molecule has 1 atom stereocenters. The summed E-state index contributed by atoms with van der Waals surface area (Å²) in [6.07, 6.45) is 8.72. The van der Waals surface area contributed by atoms with Gasteiger partial charge in [0.15, 0.2) is 5.82 Å². The van der Waals surface area contributed by atoms with E-state index < -0.39 is 6.03 Å². The van der Waals surface area contributed by atoms with Gasteiger partial charge in [0.1, 0.15) is 0 Å². The van der Waals surface area contributed by atoms with Crippen molar-refractivity contribution in [3.63, 3.8) is 0 Å². The molecule has 1 aromatic rings. The first-order chi connectivity index (χ1) is 11.1. The Hall–Kier alpha value is -2.37. The van der Waals surface area contributed by atoms with E-state index in [0.29, 0.717) is 12.4 Å². The van der Waals surface area contributed by atoms with Crippen molar-refractivity contribution in [1.82, 2.24) is 15.1 Å². The Morgan fingerprint density at radius 2 is 2.00 bits per heavy atom. The second-order valence-electron chi connectivity index (χ2n) is 7.70. The molecule has 0 bridgehead atoms. The van der Waals surface area contributed by atoms with Crippen LogP contribution in [-0.2, 0) is 11.8 Å². The highest BCUT2D eigenvalue weighted by Crippen LogP contribution is 2.41. The predicted octanol–water partition coefficient (Wildman–Crippen LogP) is 1.05. The summed E-state index contributed by atoms with van der Waals surface area (Å²) in [5, 5.41) is 8.80. The molecule has 128 valence electrons. The lowest BCUT2D eigenvalue weighted by molar-refractivity contribution is -0.120. The molecule has 1 aliphatic heterocycles. The van der Waals surface area contributed by atoms with Crippen LogP contribution < -0.4 is 20.8 Å². The second-order valence-corrected chi connectivity index (χ2v) is 7.70. The van der Waals surface area contributed by atoms with Gasteiger partial charge in [-0.15, -0.1) is 0 Å². The number of anilines is 1. The maximum Gasteiger partial charge on any atom is 0.329 e. The van der Waals surface area contributed by atoms with Crippen molar-refractivity contribution in [3.8, 4) is 0 Å². The van der Waals surface area contributed by atoms with E-state index in [1.165, 1.54) is 4.90 Å². The Balaban J connectivity index is 2.17. The maximum atomic E-state index is 12.2. The summed E-state index contributed by atoms with van der Waals surface area (Å²) in [6.45, 7) is 9.17. The SMILES string of the molecule is Cn1nc(N2CCC(=O)NC2=O)c2c1=CC(C)(C(C)(C)C)C=CC=2. The van der Waals surface area contributed by atoms with Crippen LogP contribution in [-0.4, -0.2) is 28.3 Å². The normalized spacial score (nSPS) is 24.0. The van der Waals surface area contributed by atoms with E-state index in [-0.39, 0.29) is 23.2 Å². The average Bonchev–Trinajstić information content (AvgIpc) is 2.65. The van der Waals surface area contributed by atoms with Gasteiger partial charge in [-0.25, -0.2) is 4.79 Å². The van der Waals surface area contributed by atoms with Crippen molar-refractivity contribution in [1.29, 1.82) is 0 Å². The zero-order valence-corrected chi connectivity index (χ0v) is 14.9. The Morgan fingerprint density at radius 3 is 2.62 bits per heavy atom. The van der Waals surface area contributed by atoms with Crippen LogP contribution in [0, 0.1) is 10.8 Å². The van der Waals surface area contributed by atoms with E-state index in [2.05, 4.69) is 50.3 Å². The van der Waals surface area contributed by atoms with Gasteiger partial charge in [-0.05, 0) is 17.6 Å². The lowest BCUT2D eigenvalue weighted by Crippen LogP contribution is -2.51. The molecule has 2 heterocycles. The molecule has 6 nitrogen and oxygen atoms in total. The summed E-state index contributed by atoms with van der Waals surface area (Å²) in [4.78, 5) is 25.1. The van der Waals surface area contributed by atoms with Gasteiger partial charge >= 0.3 is 6.03 Å². The number of carbonyl (C=O) groups is 2. The van der Waals surface area contributed by atoms with Crippen LogP contribution in [0.1, 0.15) is 34.1 Å². The molecule has 1 fully saturated rings. The lowest BCUT2D eigenvalue weighted by Gasteiger charge is -2.36. The molecule has 1 aromatic heterocycles. The number of nitrogens with zero attached hydrogens (tertiary/aromatic N) is 3. The minimum atomic E-state index is -0.410. The number of hydrogen-bond donors (Lipinski definition) is 1. The molecule has 24 heavy (non-hydrogen) atoms. The Bertz CT molecular complexity index is 857. The molecule has 2 aliphatic rings. The van der Waals surface area contributed by atoms with Crippen LogP contribution >= 0.6 is 0 Å². The van der Waals surface area contributed by atoms with Gasteiger partial charge in [-0.1, -0.05) is 39.8 Å². The molecule has 0 aromatic carbocycles. The zero-order valence-electron chi connectivity index (χ0n) is 14.9. The number of fused-ring (bicyclic) bond motifs is 1. The first-order valence-electron chi connectivity index (χ1n) is 8.19. The van der Waals surface area contributed by atoms with Gasteiger partial charge in [0, 0.05) is 30.6 Å². The predicted molar refractivity (Wildman–Crippen MR) is 93.6 cm³/mol. The fourth-order valence-corrected chi connectivity index (χ4v) is 2.98. The number of allylic oxidation sites excluding steroid dienone is 2. The minimum Gasteiger partial charge on any atom is -0.278 e. The van der Waals surface area contributed by atoms with Crippen LogP contribution in [0.4, 0.5) is 10.6 Å². The molecule has 3 rings (SSSR count). The number of urea groups is 1. The van der Waals surface area contributed by atoms with E-state index in [4.69, 9.17) is 0 Å². The number of aryl methyl sites for hydroxylation is 1. The van der Waals surface area contributed by atoms with Crippen LogP contribution in [0.25, 0.3) is 12.2 Å². The van der Waals surface area contributed by atoms with Crippen molar-refractivity contribution >= 4 is 29.9 Å². The standard InChI is InChI=1S/C18H24N4O2/c1-17(2,3)18(4)9-6-7-12-13(11-18)21(5)20-15(12)22-10-8-14(23)19-16(22)24/h6-7,9,11H,8,10H2,1-5H3,(H,19,23,24). The number of hydrogen-bond acceptors (Lipinski definition) is 3. The quantitative estimate of drug-likeness (QED) is 0.838. The highest BCUT2D eigenvalue weighted by atomic mass is 16.2. The molecule has 0 radical (unpaired) electrons. The van der Waals surface area contributed by atoms with E-state index in [9.17, 15) is 9.59 Å². The molecule has 1 saturated heterocycles. The first kappa shape index (κ1) is 16.5. The summed E-state index contributed by atoms with van der Waals surface area (Å²) in [6, 6.07) is -0.410. The summed E-state index contributed by atoms with van der Waals surface area (Å²) in [5.41, 5.74) is -0.0990.